The molecule has 19 heavy (non-hydrogen) atoms. The maximum atomic E-state index is 12.2. The zero-order valence-electron chi connectivity index (χ0n) is 10.7. The molecule has 0 spiro atoms. The second-order valence-corrected chi connectivity index (χ2v) is 6.43. The number of hydrogen-bond acceptors (Lipinski definition) is 4. The number of aromatic nitrogens is 2. The standard InChI is InChI=1S/C12H17N3O3S/c1-12(3-2-4-19-12)11(18)15-9(10(16)17)5-8-6-13-7-14-8/h6-7,9H,2-5H2,1H3,(H,13,14)(H,15,18)(H,16,17)/t9-,12?/m1/s1. The average Bonchev–Trinajstić information content (AvgIpc) is 3.00. The van der Waals surface area contributed by atoms with Gasteiger partial charge in [-0.2, -0.15) is 0 Å². The first-order chi connectivity index (χ1) is 9.01. The number of imidazole rings is 1. The van der Waals surface area contributed by atoms with E-state index in [0.717, 1.165) is 18.6 Å². The van der Waals surface area contributed by atoms with Gasteiger partial charge in [0.2, 0.25) is 5.91 Å². The Morgan fingerprint density at radius 3 is 3.00 bits per heavy atom. The predicted molar refractivity (Wildman–Crippen MR) is 72.0 cm³/mol. The number of nitrogens with one attached hydrogen (secondary N) is 2. The average molecular weight is 283 g/mol. The molecule has 1 unspecified atom stereocenters. The van der Waals surface area contributed by atoms with Crippen molar-refractivity contribution in [3.8, 4) is 0 Å². The summed E-state index contributed by atoms with van der Waals surface area (Å²) in [6, 6.07) is -0.925. The molecule has 7 heteroatoms. The van der Waals surface area contributed by atoms with Crippen LogP contribution in [0.4, 0.5) is 0 Å². The molecule has 1 amide bonds. The number of carboxylic acids is 1. The van der Waals surface area contributed by atoms with Crippen molar-refractivity contribution in [2.75, 3.05) is 5.75 Å². The quantitative estimate of drug-likeness (QED) is 0.743. The molecule has 2 atom stereocenters. The van der Waals surface area contributed by atoms with Crippen LogP contribution in [0.1, 0.15) is 25.5 Å². The normalized spacial score (nSPS) is 24.1. The van der Waals surface area contributed by atoms with Gasteiger partial charge in [0, 0.05) is 18.3 Å². The number of hydrogen-bond donors (Lipinski definition) is 3. The second-order valence-electron chi connectivity index (χ2n) is 4.83. The Balaban J connectivity index is 2.00. The van der Waals surface area contributed by atoms with Crippen LogP contribution >= 0.6 is 11.8 Å². The van der Waals surface area contributed by atoms with Crippen LogP contribution in [0.3, 0.4) is 0 Å². The molecule has 1 aliphatic heterocycles. The zero-order valence-corrected chi connectivity index (χ0v) is 11.5. The van der Waals surface area contributed by atoms with Crippen molar-refractivity contribution in [1.82, 2.24) is 15.3 Å². The molecule has 0 aliphatic carbocycles. The number of aliphatic carboxylic acids is 1. The molecular weight excluding hydrogens is 266 g/mol. The van der Waals surface area contributed by atoms with Crippen LogP contribution < -0.4 is 5.32 Å². The third-order valence-electron chi connectivity index (χ3n) is 3.28. The van der Waals surface area contributed by atoms with E-state index in [2.05, 4.69) is 15.3 Å². The molecule has 1 saturated heterocycles. The minimum absolute atomic E-state index is 0.193. The lowest BCUT2D eigenvalue weighted by Gasteiger charge is -2.24. The van der Waals surface area contributed by atoms with Crippen molar-refractivity contribution >= 4 is 23.6 Å². The first-order valence-electron chi connectivity index (χ1n) is 6.16. The van der Waals surface area contributed by atoms with Gasteiger partial charge in [0.1, 0.15) is 6.04 Å². The van der Waals surface area contributed by atoms with E-state index in [-0.39, 0.29) is 12.3 Å². The molecule has 1 fully saturated rings. The smallest absolute Gasteiger partial charge is 0.326 e. The van der Waals surface area contributed by atoms with Gasteiger partial charge in [0.25, 0.3) is 0 Å². The van der Waals surface area contributed by atoms with Crippen molar-refractivity contribution < 1.29 is 14.7 Å². The fourth-order valence-corrected chi connectivity index (χ4v) is 3.30. The maximum Gasteiger partial charge on any atom is 0.326 e. The van der Waals surface area contributed by atoms with Gasteiger partial charge in [-0.05, 0) is 25.5 Å². The number of carbonyl (C=O) groups excluding carboxylic acids is 1. The molecule has 0 radical (unpaired) electrons. The molecule has 6 nitrogen and oxygen atoms in total. The monoisotopic (exact) mass is 283 g/mol. The molecule has 1 aromatic rings. The van der Waals surface area contributed by atoms with Crippen molar-refractivity contribution in [2.45, 2.75) is 37.0 Å². The minimum Gasteiger partial charge on any atom is -0.480 e. The molecule has 1 aliphatic rings. The van der Waals surface area contributed by atoms with Crippen LogP contribution in [-0.4, -0.2) is 43.5 Å². The number of aromatic amines is 1. The molecule has 3 N–H and O–H groups in total. The van der Waals surface area contributed by atoms with Crippen LogP contribution in [0.15, 0.2) is 12.5 Å². The minimum atomic E-state index is -1.03. The van der Waals surface area contributed by atoms with Crippen molar-refractivity contribution in [2.24, 2.45) is 0 Å². The third kappa shape index (κ3) is 3.28. The van der Waals surface area contributed by atoms with Crippen LogP contribution in [0.25, 0.3) is 0 Å². The Morgan fingerprint density at radius 2 is 2.47 bits per heavy atom. The van der Waals surface area contributed by atoms with E-state index in [1.165, 1.54) is 6.33 Å². The van der Waals surface area contributed by atoms with E-state index in [9.17, 15) is 14.7 Å². The number of H-pyrrole nitrogens is 1. The Morgan fingerprint density at radius 1 is 1.68 bits per heavy atom. The summed E-state index contributed by atoms with van der Waals surface area (Å²) in [5, 5.41) is 11.8. The Hall–Kier alpha value is -1.50. The molecule has 0 aromatic carbocycles. The molecule has 0 saturated carbocycles. The van der Waals surface area contributed by atoms with Crippen LogP contribution in [0.2, 0.25) is 0 Å². The van der Waals surface area contributed by atoms with E-state index < -0.39 is 16.8 Å². The number of carbonyl (C=O) groups is 2. The zero-order chi connectivity index (χ0) is 13.9. The van der Waals surface area contributed by atoms with Gasteiger partial charge in [-0.3, -0.25) is 4.79 Å². The van der Waals surface area contributed by atoms with Gasteiger partial charge < -0.3 is 15.4 Å². The van der Waals surface area contributed by atoms with Crippen LogP contribution in [0.5, 0.6) is 0 Å². The maximum absolute atomic E-state index is 12.2. The fraction of sp³-hybridized carbons (Fsp3) is 0.583. The molecule has 0 bridgehead atoms. The highest BCUT2D eigenvalue weighted by atomic mass is 32.2. The van der Waals surface area contributed by atoms with Gasteiger partial charge in [-0.15, -0.1) is 11.8 Å². The summed E-state index contributed by atoms with van der Waals surface area (Å²) in [4.78, 5) is 30.1. The summed E-state index contributed by atoms with van der Waals surface area (Å²) in [6.07, 6.45) is 5.05. The van der Waals surface area contributed by atoms with Gasteiger partial charge in [-0.25, -0.2) is 9.78 Å². The van der Waals surface area contributed by atoms with E-state index in [0.29, 0.717) is 5.69 Å². The predicted octanol–water partition coefficient (Wildman–Crippen LogP) is 0.807. The molecule has 1 aromatic heterocycles. The number of thioether (sulfide) groups is 1. The van der Waals surface area contributed by atoms with Crippen molar-refractivity contribution in [1.29, 1.82) is 0 Å². The Bertz CT molecular complexity index is 455. The van der Waals surface area contributed by atoms with Gasteiger partial charge in [0.15, 0.2) is 0 Å². The largest absolute Gasteiger partial charge is 0.480 e. The van der Waals surface area contributed by atoms with Crippen LogP contribution in [-0.2, 0) is 16.0 Å². The second kappa shape index (κ2) is 5.64. The van der Waals surface area contributed by atoms with Gasteiger partial charge in [0.05, 0.1) is 11.1 Å². The lowest BCUT2D eigenvalue weighted by molar-refractivity contribution is -0.142. The van der Waals surface area contributed by atoms with Crippen molar-refractivity contribution in [3.05, 3.63) is 18.2 Å². The van der Waals surface area contributed by atoms with E-state index >= 15 is 0 Å². The van der Waals surface area contributed by atoms with E-state index in [1.54, 1.807) is 18.0 Å². The lowest BCUT2D eigenvalue weighted by atomic mass is 10.0. The highest BCUT2D eigenvalue weighted by Gasteiger charge is 2.38. The number of carboxylic acid groups (broad SMARTS) is 1. The fourth-order valence-electron chi connectivity index (χ4n) is 2.09. The van der Waals surface area contributed by atoms with E-state index in [1.807, 2.05) is 6.92 Å². The summed E-state index contributed by atoms with van der Waals surface area (Å²) in [6.45, 7) is 1.87. The van der Waals surface area contributed by atoms with Gasteiger partial charge >= 0.3 is 5.97 Å². The topological polar surface area (TPSA) is 95.1 Å². The number of amides is 1. The Labute approximate surface area is 115 Å². The SMILES string of the molecule is CC1(C(=O)N[C@H](Cc2cnc[nH]2)C(=O)O)CCCS1. The number of rotatable bonds is 5. The first kappa shape index (κ1) is 13.9. The number of nitrogens with zero attached hydrogens (tertiary/aromatic N) is 1. The molecule has 104 valence electrons. The third-order valence-corrected chi connectivity index (χ3v) is 4.80. The summed E-state index contributed by atoms with van der Waals surface area (Å²) in [5.41, 5.74) is 0.692. The van der Waals surface area contributed by atoms with Crippen LogP contribution in [0, 0.1) is 0 Å². The van der Waals surface area contributed by atoms with Gasteiger partial charge in [-0.1, -0.05) is 0 Å². The molecule has 2 rings (SSSR count). The summed E-state index contributed by atoms with van der Waals surface area (Å²) < 4.78 is -0.498. The highest BCUT2D eigenvalue weighted by molar-refractivity contribution is 8.01. The summed E-state index contributed by atoms with van der Waals surface area (Å²) in [7, 11) is 0. The lowest BCUT2D eigenvalue weighted by Crippen LogP contribution is -2.49. The highest BCUT2D eigenvalue weighted by Crippen LogP contribution is 2.37. The van der Waals surface area contributed by atoms with E-state index in [4.69, 9.17) is 0 Å². The molecular formula is C12H17N3O3S. The summed E-state index contributed by atoms with van der Waals surface area (Å²) in [5.74, 6) is -0.279. The molecule has 2 heterocycles. The van der Waals surface area contributed by atoms with Crippen molar-refractivity contribution in [3.63, 3.8) is 0 Å². The Kier molecular flexibility index (Phi) is 4.14. The summed E-state index contributed by atoms with van der Waals surface area (Å²) >= 11 is 1.59. The first-order valence-corrected chi connectivity index (χ1v) is 7.15.